The molecule has 0 aliphatic carbocycles. The summed E-state index contributed by atoms with van der Waals surface area (Å²) in [6.07, 6.45) is 2.08. The summed E-state index contributed by atoms with van der Waals surface area (Å²) in [7, 11) is -2.84. The van der Waals surface area contributed by atoms with E-state index in [4.69, 9.17) is 4.74 Å². The van der Waals surface area contributed by atoms with Crippen molar-refractivity contribution in [3.05, 3.63) is 28.7 Å². The Labute approximate surface area is 112 Å². The Morgan fingerprint density at radius 2 is 1.95 bits per heavy atom. The van der Waals surface area contributed by atoms with E-state index in [1.807, 2.05) is 13.8 Å². The first-order valence-corrected chi connectivity index (χ1v) is 7.90. The van der Waals surface area contributed by atoms with Gasteiger partial charge in [0.15, 0.2) is 5.75 Å². The van der Waals surface area contributed by atoms with Crippen molar-refractivity contribution < 1.29 is 19.1 Å². The molecule has 0 aliphatic heterocycles. The normalized spacial score (nSPS) is 12.5. The fourth-order valence-electron chi connectivity index (χ4n) is 2.28. The first kappa shape index (κ1) is 16.0. The largest absolute Gasteiger partial charge is 0.491 e. The van der Waals surface area contributed by atoms with Crippen LogP contribution in [0.25, 0.3) is 0 Å². The molecule has 108 valence electrons. The maximum absolute atomic E-state index is 12.2. The second-order valence-electron chi connectivity index (χ2n) is 4.51. The molecule has 0 unspecified atom stereocenters. The van der Waals surface area contributed by atoms with Gasteiger partial charge in [-0.25, -0.2) is 0 Å². The van der Waals surface area contributed by atoms with E-state index in [9.17, 15) is 19.1 Å². The molecule has 2 N–H and O–H groups in total. The van der Waals surface area contributed by atoms with Gasteiger partial charge in [0, 0.05) is 6.20 Å². The molecular weight excluding hydrogens is 269 g/mol. The summed E-state index contributed by atoms with van der Waals surface area (Å²) in [5, 5.41) is 0. The molecule has 1 aromatic heterocycles. The molecule has 0 aromatic carbocycles. The lowest BCUT2D eigenvalue weighted by molar-refractivity contribution is 0.257. The summed E-state index contributed by atoms with van der Waals surface area (Å²) < 4.78 is 17.7. The van der Waals surface area contributed by atoms with E-state index >= 15 is 0 Å². The van der Waals surface area contributed by atoms with Gasteiger partial charge in [-0.2, -0.15) is 0 Å². The van der Waals surface area contributed by atoms with Gasteiger partial charge in [0.2, 0.25) is 0 Å². The fraction of sp³-hybridized carbons (Fsp3) is 0.583. The van der Waals surface area contributed by atoms with Crippen molar-refractivity contribution in [2.45, 2.75) is 32.2 Å². The molecule has 0 saturated carbocycles. The highest BCUT2D eigenvalue weighted by atomic mass is 31.2. The number of methoxy groups -OCH3 is 1. The third-order valence-corrected chi connectivity index (χ3v) is 4.46. The summed E-state index contributed by atoms with van der Waals surface area (Å²) in [6, 6.07) is 3.17. The van der Waals surface area contributed by atoms with E-state index in [0.29, 0.717) is 12.8 Å². The topological polar surface area (TPSA) is 88.8 Å². The van der Waals surface area contributed by atoms with Crippen LogP contribution in [-0.2, 0) is 10.1 Å². The van der Waals surface area contributed by atoms with Gasteiger partial charge < -0.3 is 19.1 Å². The maximum Gasteiger partial charge on any atom is 0.327 e. The number of nitrogens with zero attached hydrogens (tertiary/aromatic N) is 1. The smallest absolute Gasteiger partial charge is 0.327 e. The Bertz CT molecular complexity index is 529. The molecule has 19 heavy (non-hydrogen) atoms. The zero-order valence-electron chi connectivity index (χ0n) is 11.4. The van der Waals surface area contributed by atoms with Crippen LogP contribution < -0.4 is 10.3 Å². The Morgan fingerprint density at radius 1 is 1.37 bits per heavy atom. The molecule has 0 fully saturated rings. The van der Waals surface area contributed by atoms with Gasteiger partial charge in [-0.05, 0) is 25.0 Å². The predicted molar refractivity (Wildman–Crippen MR) is 72.7 cm³/mol. The molecule has 6 nitrogen and oxygen atoms in total. The number of pyridine rings is 1. The highest BCUT2D eigenvalue weighted by Crippen LogP contribution is 2.43. The standard InChI is InChI=1S/C12H20NO5P/c1-4-12(5-2,9-19(15,16)17)13-8-6-7-10(18-3)11(13)14/h6-8H,4-5,9H2,1-3H3,(H2,15,16,17). The summed E-state index contributed by atoms with van der Waals surface area (Å²) in [6.45, 7) is 3.62. The lowest BCUT2D eigenvalue weighted by Gasteiger charge is -2.34. The van der Waals surface area contributed by atoms with E-state index < -0.39 is 13.1 Å². The minimum absolute atomic E-state index is 0.166. The van der Waals surface area contributed by atoms with E-state index in [2.05, 4.69) is 0 Å². The van der Waals surface area contributed by atoms with Gasteiger partial charge in [0.25, 0.3) is 5.56 Å². The van der Waals surface area contributed by atoms with Gasteiger partial charge in [0.05, 0.1) is 18.8 Å². The predicted octanol–water partition coefficient (Wildman–Crippen LogP) is 1.55. The Morgan fingerprint density at radius 3 is 2.37 bits per heavy atom. The summed E-state index contributed by atoms with van der Waals surface area (Å²) in [5.74, 6) is 0.166. The highest BCUT2D eigenvalue weighted by Gasteiger charge is 2.36. The zero-order chi connectivity index (χ0) is 14.7. The molecule has 0 amide bonds. The number of ether oxygens (including phenoxy) is 1. The quantitative estimate of drug-likeness (QED) is 0.776. The van der Waals surface area contributed by atoms with Crippen LogP contribution in [0, 0.1) is 0 Å². The fourth-order valence-corrected chi connectivity index (χ4v) is 3.64. The van der Waals surface area contributed by atoms with Gasteiger partial charge in [-0.1, -0.05) is 13.8 Å². The second kappa shape index (κ2) is 5.90. The van der Waals surface area contributed by atoms with Crippen molar-refractivity contribution in [3.63, 3.8) is 0 Å². The molecule has 0 spiro atoms. The molecular formula is C12H20NO5P. The lowest BCUT2D eigenvalue weighted by Crippen LogP contribution is -2.43. The van der Waals surface area contributed by atoms with Gasteiger partial charge >= 0.3 is 7.60 Å². The van der Waals surface area contributed by atoms with Crippen molar-refractivity contribution in [1.29, 1.82) is 0 Å². The molecule has 1 aromatic rings. The van der Waals surface area contributed by atoms with Gasteiger partial charge in [-0.15, -0.1) is 0 Å². The summed E-state index contributed by atoms with van der Waals surface area (Å²) >= 11 is 0. The Hall–Kier alpha value is -1.10. The third kappa shape index (κ3) is 3.47. The molecule has 0 atom stereocenters. The third-order valence-electron chi connectivity index (χ3n) is 3.46. The minimum Gasteiger partial charge on any atom is -0.491 e. The van der Waals surface area contributed by atoms with Gasteiger partial charge in [0.1, 0.15) is 0 Å². The van der Waals surface area contributed by atoms with Crippen LogP contribution >= 0.6 is 7.60 Å². The first-order chi connectivity index (χ1) is 8.79. The average Bonchev–Trinajstić information content (AvgIpc) is 2.35. The molecule has 0 radical (unpaired) electrons. The number of hydrogen-bond donors (Lipinski definition) is 2. The molecule has 0 aliphatic rings. The van der Waals surface area contributed by atoms with Crippen LogP contribution in [0.1, 0.15) is 26.7 Å². The molecule has 7 heteroatoms. The number of hydrogen-bond acceptors (Lipinski definition) is 3. The number of aromatic nitrogens is 1. The van der Waals surface area contributed by atoms with Crippen molar-refractivity contribution in [2.75, 3.05) is 13.3 Å². The Kier molecular flexibility index (Phi) is 4.96. The van der Waals surface area contributed by atoms with E-state index in [1.165, 1.54) is 17.7 Å². The van der Waals surface area contributed by atoms with Crippen LogP contribution in [0.15, 0.2) is 23.1 Å². The van der Waals surface area contributed by atoms with Crippen molar-refractivity contribution in [3.8, 4) is 5.75 Å². The first-order valence-electron chi connectivity index (χ1n) is 6.10. The van der Waals surface area contributed by atoms with Crippen LogP contribution in [0.2, 0.25) is 0 Å². The van der Waals surface area contributed by atoms with Crippen LogP contribution in [-0.4, -0.2) is 27.6 Å². The minimum atomic E-state index is -4.23. The van der Waals surface area contributed by atoms with Crippen LogP contribution in [0.5, 0.6) is 5.75 Å². The molecule has 1 heterocycles. The van der Waals surface area contributed by atoms with Crippen LogP contribution in [0.4, 0.5) is 0 Å². The monoisotopic (exact) mass is 289 g/mol. The molecule has 0 bridgehead atoms. The summed E-state index contributed by atoms with van der Waals surface area (Å²) in [4.78, 5) is 30.8. The second-order valence-corrected chi connectivity index (χ2v) is 6.15. The van der Waals surface area contributed by atoms with Gasteiger partial charge in [-0.3, -0.25) is 9.36 Å². The van der Waals surface area contributed by atoms with E-state index in [-0.39, 0.29) is 17.5 Å². The van der Waals surface area contributed by atoms with Crippen LogP contribution in [0.3, 0.4) is 0 Å². The maximum atomic E-state index is 12.2. The summed E-state index contributed by atoms with van der Waals surface area (Å²) in [5.41, 5.74) is -1.27. The molecule has 0 saturated heterocycles. The lowest BCUT2D eigenvalue weighted by atomic mass is 9.94. The van der Waals surface area contributed by atoms with Crippen molar-refractivity contribution in [1.82, 2.24) is 4.57 Å². The highest BCUT2D eigenvalue weighted by molar-refractivity contribution is 7.51. The van der Waals surface area contributed by atoms with E-state index in [1.54, 1.807) is 12.3 Å². The van der Waals surface area contributed by atoms with E-state index in [0.717, 1.165) is 0 Å². The average molecular weight is 289 g/mol. The SMILES string of the molecule is CCC(CC)(CP(=O)(O)O)n1cccc(OC)c1=O. The van der Waals surface area contributed by atoms with Crippen molar-refractivity contribution >= 4 is 7.60 Å². The number of rotatable bonds is 6. The molecule has 1 rings (SSSR count). The van der Waals surface area contributed by atoms with Crippen molar-refractivity contribution in [2.24, 2.45) is 0 Å². The Balaban J connectivity index is 3.42. The zero-order valence-corrected chi connectivity index (χ0v) is 12.3.